The molecule has 1 fully saturated rings. The molecule has 0 saturated carbocycles. The van der Waals surface area contributed by atoms with Crippen molar-refractivity contribution in [2.24, 2.45) is 0 Å². The van der Waals surface area contributed by atoms with Gasteiger partial charge in [-0.25, -0.2) is 4.39 Å². The van der Waals surface area contributed by atoms with Crippen molar-refractivity contribution in [3.63, 3.8) is 0 Å². The van der Waals surface area contributed by atoms with Crippen LogP contribution in [0.2, 0.25) is 5.02 Å². The van der Waals surface area contributed by atoms with Crippen molar-refractivity contribution in [2.45, 2.75) is 0 Å². The quantitative estimate of drug-likeness (QED) is 0.746. The lowest BCUT2D eigenvalue weighted by Gasteiger charge is -2.34. The van der Waals surface area contributed by atoms with Crippen molar-refractivity contribution in [1.29, 1.82) is 0 Å². The van der Waals surface area contributed by atoms with E-state index in [2.05, 4.69) is 15.1 Å². The number of hydrogen-bond acceptors (Lipinski definition) is 3. The minimum atomic E-state index is -0.264. The topological polar surface area (TPSA) is 52.2 Å². The maximum Gasteiger partial charge on any atom is 0.253 e. The molecule has 1 aliphatic heterocycles. The number of benzene rings is 2. The first-order valence-corrected chi connectivity index (χ1v) is 9.09. The molecule has 5 nitrogen and oxygen atoms in total. The van der Waals surface area contributed by atoms with Gasteiger partial charge < -0.3 is 9.80 Å². The van der Waals surface area contributed by atoms with E-state index < -0.39 is 0 Å². The predicted molar refractivity (Wildman–Crippen MR) is 104 cm³/mol. The fourth-order valence-corrected chi connectivity index (χ4v) is 3.29. The van der Waals surface area contributed by atoms with E-state index in [1.165, 1.54) is 12.1 Å². The molecule has 1 aliphatic rings. The van der Waals surface area contributed by atoms with E-state index in [9.17, 15) is 9.18 Å². The van der Waals surface area contributed by atoms with E-state index in [4.69, 9.17) is 11.6 Å². The summed E-state index contributed by atoms with van der Waals surface area (Å²) in [5.74, 6) is 0.577. The highest BCUT2D eigenvalue weighted by Gasteiger charge is 2.23. The number of H-pyrrole nitrogens is 1. The minimum Gasteiger partial charge on any atom is -0.352 e. The Balaban J connectivity index is 1.40. The van der Waals surface area contributed by atoms with Crippen LogP contribution in [0.3, 0.4) is 0 Å². The molecule has 1 aromatic heterocycles. The molecular weight excluding hydrogens is 367 g/mol. The third-order valence-corrected chi connectivity index (χ3v) is 4.95. The van der Waals surface area contributed by atoms with Crippen molar-refractivity contribution < 1.29 is 9.18 Å². The second-order valence-electron chi connectivity index (χ2n) is 6.43. The van der Waals surface area contributed by atoms with Crippen LogP contribution in [-0.2, 0) is 0 Å². The molecule has 3 aromatic rings. The fraction of sp³-hybridized carbons (Fsp3) is 0.200. The summed E-state index contributed by atoms with van der Waals surface area (Å²) in [6, 6.07) is 15.2. The average Bonchev–Trinajstić information content (AvgIpc) is 3.19. The molecule has 1 saturated heterocycles. The molecule has 0 aliphatic carbocycles. The van der Waals surface area contributed by atoms with E-state index in [-0.39, 0.29) is 11.7 Å². The third kappa shape index (κ3) is 3.80. The first-order chi connectivity index (χ1) is 13.1. The van der Waals surface area contributed by atoms with Crippen molar-refractivity contribution in [1.82, 2.24) is 15.1 Å². The van der Waals surface area contributed by atoms with Crippen LogP contribution in [0.4, 0.5) is 10.2 Å². The third-order valence-electron chi connectivity index (χ3n) is 4.70. The van der Waals surface area contributed by atoms with Gasteiger partial charge in [0.05, 0.1) is 5.69 Å². The Morgan fingerprint density at radius 3 is 2.33 bits per heavy atom. The van der Waals surface area contributed by atoms with E-state index in [0.717, 1.165) is 17.1 Å². The van der Waals surface area contributed by atoms with Gasteiger partial charge in [-0.1, -0.05) is 11.6 Å². The number of piperazine rings is 1. The van der Waals surface area contributed by atoms with E-state index in [1.807, 2.05) is 11.0 Å². The zero-order chi connectivity index (χ0) is 18.8. The first kappa shape index (κ1) is 17.5. The van der Waals surface area contributed by atoms with Crippen LogP contribution in [0, 0.1) is 5.82 Å². The van der Waals surface area contributed by atoms with Crippen molar-refractivity contribution >= 4 is 23.3 Å². The highest BCUT2D eigenvalue weighted by molar-refractivity contribution is 6.30. The van der Waals surface area contributed by atoms with Crippen LogP contribution in [0.15, 0.2) is 54.6 Å². The molecule has 27 heavy (non-hydrogen) atoms. The Morgan fingerprint density at radius 1 is 1.00 bits per heavy atom. The molecule has 0 spiro atoms. The summed E-state index contributed by atoms with van der Waals surface area (Å²) in [4.78, 5) is 16.6. The van der Waals surface area contributed by atoms with Crippen LogP contribution in [0.1, 0.15) is 10.4 Å². The number of hydrogen-bond donors (Lipinski definition) is 1. The molecule has 0 bridgehead atoms. The van der Waals surface area contributed by atoms with Crippen molar-refractivity contribution in [3.8, 4) is 11.3 Å². The second kappa shape index (κ2) is 7.40. The van der Waals surface area contributed by atoms with Crippen LogP contribution in [0.5, 0.6) is 0 Å². The van der Waals surface area contributed by atoms with E-state index >= 15 is 0 Å². The van der Waals surface area contributed by atoms with Gasteiger partial charge in [-0.05, 0) is 54.1 Å². The van der Waals surface area contributed by atoms with Gasteiger partial charge in [0.1, 0.15) is 5.82 Å². The minimum absolute atomic E-state index is 0.0142. The van der Waals surface area contributed by atoms with Crippen LogP contribution in [-0.4, -0.2) is 47.2 Å². The Bertz CT molecular complexity index is 931. The van der Waals surface area contributed by atoms with Crippen molar-refractivity contribution in [3.05, 3.63) is 71.0 Å². The highest BCUT2D eigenvalue weighted by Crippen LogP contribution is 2.23. The molecule has 1 N–H and O–H groups in total. The number of aromatic amines is 1. The van der Waals surface area contributed by atoms with Crippen LogP contribution in [0.25, 0.3) is 11.3 Å². The highest BCUT2D eigenvalue weighted by atomic mass is 35.5. The predicted octanol–water partition coefficient (Wildman–Crippen LogP) is 3.83. The largest absolute Gasteiger partial charge is 0.352 e. The molecule has 7 heteroatoms. The van der Waals surface area contributed by atoms with Gasteiger partial charge in [-0.2, -0.15) is 5.10 Å². The number of rotatable bonds is 3. The summed E-state index contributed by atoms with van der Waals surface area (Å²) in [7, 11) is 0. The SMILES string of the molecule is O=C(c1ccc(Cl)cc1)N1CCN(c2cc(-c3ccc(F)cc3)[nH]n2)CC1. The molecule has 4 rings (SSSR count). The lowest BCUT2D eigenvalue weighted by Crippen LogP contribution is -2.48. The van der Waals surface area contributed by atoms with Gasteiger partial charge in [0.2, 0.25) is 0 Å². The average molecular weight is 385 g/mol. The number of nitrogens with zero attached hydrogens (tertiary/aromatic N) is 3. The van der Waals surface area contributed by atoms with Crippen LogP contribution >= 0.6 is 11.6 Å². The van der Waals surface area contributed by atoms with Crippen molar-refractivity contribution in [2.75, 3.05) is 31.1 Å². The van der Waals surface area contributed by atoms with E-state index in [0.29, 0.717) is 36.8 Å². The van der Waals surface area contributed by atoms with E-state index in [1.54, 1.807) is 36.4 Å². The monoisotopic (exact) mass is 384 g/mol. The van der Waals surface area contributed by atoms with Gasteiger partial charge in [0.15, 0.2) is 5.82 Å². The summed E-state index contributed by atoms with van der Waals surface area (Å²) in [5, 5.41) is 7.98. The summed E-state index contributed by atoms with van der Waals surface area (Å²) in [5.41, 5.74) is 2.36. The molecule has 2 aromatic carbocycles. The zero-order valence-corrected chi connectivity index (χ0v) is 15.3. The summed E-state index contributed by atoms with van der Waals surface area (Å²) in [6.07, 6.45) is 0. The molecule has 2 heterocycles. The number of aromatic nitrogens is 2. The molecule has 1 amide bonds. The number of halogens is 2. The molecule has 138 valence electrons. The summed E-state index contributed by atoms with van der Waals surface area (Å²) >= 11 is 5.88. The van der Waals surface area contributed by atoms with Gasteiger partial charge in [0, 0.05) is 42.8 Å². The lowest BCUT2D eigenvalue weighted by atomic mass is 10.1. The maximum absolute atomic E-state index is 13.1. The Kier molecular flexibility index (Phi) is 4.81. The number of carbonyl (C=O) groups is 1. The van der Waals surface area contributed by atoms with Gasteiger partial charge in [-0.15, -0.1) is 0 Å². The van der Waals surface area contributed by atoms with Gasteiger partial charge >= 0.3 is 0 Å². The number of amides is 1. The Hall–Kier alpha value is -2.86. The number of nitrogens with one attached hydrogen (secondary N) is 1. The Labute approximate surface area is 161 Å². The first-order valence-electron chi connectivity index (χ1n) is 8.71. The fourth-order valence-electron chi connectivity index (χ4n) is 3.16. The molecule has 0 radical (unpaired) electrons. The van der Waals surface area contributed by atoms with Crippen LogP contribution < -0.4 is 4.90 Å². The van der Waals surface area contributed by atoms with Gasteiger partial charge in [-0.3, -0.25) is 9.89 Å². The normalized spacial score (nSPS) is 14.4. The molecular formula is C20H18ClFN4O. The lowest BCUT2D eigenvalue weighted by molar-refractivity contribution is 0.0746. The maximum atomic E-state index is 13.1. The summed E-state index contributed by atoms with van der Waals surface area (Å²) in [6.45, 7) is 2.65. The number of anilines is 1. The smallest absolute Gasteiger partial charge is 0.253 e. The molecule has 0 atom stereocenters. The number of carbonyl (C=O) groups excluding carboxylic acids is 1. The molecule has 0 unspecified atom stereocenters. The summed E-state index contributed by atoms with van der Waals surface area (Å²) < 4.78 is 13.1. The van der Waals surface area contributed by atoms with Gasteiger partial charge in [0.25, 0.3) is 5.91 Å². The Morgan fingerprint density at radius 2 is 1.67 bits per heavy atom. The standard InChI is InChI=1S/C20H18ClFN4O/c21-16-5-1-15(2-6-16)20(27)26-11-9-25(10-12-26)19-13-18(23-24-19)14-3-7-17(22)8-4-14/h1-8,13H,9-12H2,(H,23,24). The zero-order valence-electron chi connectivity index (χ0n) is 14.5. The second-order valence-corrected chi connectivity index (χ2v) is 6.87.